The Morgan fingerprint density at radius 3 is 1.91 bits per heavy atom. The number of nitro groups is 1. The third-order valence-electron chi connectivity index (χ3n) is 4.03. The number of hydrogen-bond donors (Lipinski definition) is 0. The minimum Gasteiger partial charge on any atom is -0.372 e. The molecule has 2 aromatic carbocycles. The van der Waals surface area contributed by atoms with E-state index in [4.69, 9.17) is 0 Å². The van der Waals surface area contributed by atoms with Crippen molar-refractivity contribution in [2.75, 3.05) is 24.5 Å². The first-order valence-electron chi connectivity index (χ1n) is 7.77. The van der Waals surface area contributed by atoms with Gasteiger partial charge in [0.2, 0.25) is 6.54 Å². The van der Waals surface area contributed by atoms with Gasteiger partial charge in [0.05, 0.1) is 5.92 Å². The van der Waals surface area contributed by atoms with Crippen LogP contribution >= 0.6 is 15.9 Å². The molecule has 0 amide bonds. The molecule has 0 fully saturated rings. The smallest absolute Gasteiger partial charge is 0.214 e. The van der Waals surface area contributed by atoms with Gasteiger partial charge in [-0.05, 0) is 49.2 Å². The molecule has 5 heteroatoms. The molecule has 0 bridgehead atoms. The Kier molecular flexibility index (Phi) is 6.16. The minimum atomic E-state index is -0.245. The van der Waals surface area contributed by atoms with Gasteiger partial charge in [0.1, 0.15) is 0 Å². The summed E-state index contributed by atoms with van der Waals surface area (Å²) in [5, 5.41) is 11.1. The molecule has 0 aliphatic rings. The summed E-state index contributed by atoms with van der Waals surface area (Å²) in [4.78, 5) is 13.1. The van der Waals surface area contributed by atoms with Gasteiger partial charge in [-0.1, -0.05) is 40.2 Å². The van der Waals surface area contributed by atoms with Crippen molar-refractivity contribution in [1.82, 2.24) is 0 Å². The molecule has 2 rings (SSSR count). The lowest BCUT2D eigenvalue weighted by Crippen LogP contribution is -2.21. The largest absolute Gasteiger partial charge is 0.372 e. The summed E-state index contributed by atoms with van der Waals surface area (Å²) >= 11 is 3.40. The number of anilines is 1. The molecule has 0 saturated heterocycles. The van der Waals surface area contributed by atoms with Gasteiger partial charge >= 0.3 is 0 Å². The predicted molar refractivity (Wildman–Crippen MR) is 97.8 cm³/mol. The Balaban J connectivity index is 2.32. The highest BCUT2D eigenvalue weighted by atomic mass is 79.9. The second kappa shape index (κ2) is 8.11. The van der Waals surface area contributed by atoms with Gasteiger partial charge in [0, 0.05) is 28.2 Å². The highest BCUT2D eigenvalue weighted by Gasteiger charge is 2.20. The molecule has 1 unspecified atom stereocenters. The molecule has 0 heterocycles. The predicted octanol–water partition coefficient (Wildman–Crippen LogP) is 4.70. The zero-order valence-electron chi connectivity index (χ0n) is 13.4. The van der Waals surface area contributed by atoms with Crippen LogP contribution < -0.4 is 4.90 Å². The highest BCUT2D eigenvalue weighted by Crippen LogP contribution is 2.28. The Morgan fingerprint density at radius 1 is 1.00 bits per heavy atom. The number of benzene rings is 2. The maximum atomic E-state index is 11.1. The van der Waals surface area contributed by atoms with Gasteiger partial charge in [-0.2, -0.15) is 0 Å². The molecule has 23 heavy (non-hydrogen) atoms. The lowest BCUT2D eigenvalue weighted by molar-refractivity contribution is -0.481. The van der Waals surface area contributed by atoms with Crippen LogP contribution in [-0.2, 0) is 0 Å². The van der Waals surface area contributed by atoms with E-state index in [0.29, 0.717) is 0 Å². The summed E-state index contributed by atoms with van der Waals surface area (Å²) in [6.45, 7) is 6.03. The van der Waals surface area contributed by atoms with Crippen molar-refractivity contribution in [3.05, 3.63) is 74.2 Å². The number of hydrogen-bond acceptors (Lipinski definition) is 3. The summed E-state index contributed by atoms with van der Waals surface area (Å²) in [6.07, 6.45) is 0. The summed E-state index contributed by atoms with van der Waals surface area (Å²) in [5.74, 6) is -0.233. The maximum absolute atomic E-state index is 11.1. The van der Waals surface area contributed by atoms with Gasteiger partial charge in [-0.25, -0.2) is 0 Å². The van der Waals surface area contributed by atoms with Crippen LogP contribution in [0.3, 0.4) is 0 Å². The molecule has 2 aromatic rings. The van der Waals surface area contributed by atoms with Crippen LogP contribution in [0.5, 0.6) is 0 Å². The van der Waals surface area contributed by atoms with E-state index in [9.17, 15) is 10.1 Å². The summed E-state index contributed by atoms with van der Waals surface area (Å²) in [6, 6.07) is 15.8. The van der Waals surface area contributed by atoms with Gasteiger partial charge in [0.25, 0.3) is 0 Å². The molecule has 4 nitrogen and oxygen atoms in total. The standard InChI is InChI=1S/C18H21BrN2O2/c1-3-20(4-2)17-11-7-15(8-12-17)18(13-21(22)23)14-5-9-16(19)10-6-14/h5-12,18H,3-4,13H2,1-2H3. The van der Waals surface area contributed by atoms with Crippen LogP contribution in [0, 0.1) is 10.1 Å². The average molecular weight is 377 g/mol. The SMILES string of the molecule is CCN(CC)c1ccc(C(C[N+](=O)[O-])c2ccc(Br)cc2)cc1. The van der Waals surface area contributed by atoms with Crippen LogP contribution in [-0.4, -0.2) is 24.6 Å². The summed E-state index contributed by atoms with van der Waals surface area (Å²) in [5.41, 5.74) is 3.08. The zero-order valence-corrected chi connectivity index (χ0v) is 15.0. The minimum absolute atomic E-state index is 0.105. The van der Waals surface area contributed by atoms with E-state index in [-0.39, 0.29) is 17.4 Å². The third kappa shape index (κ3) is 4.55. The molecule has 0 aliphatic carbocycles. The second-order valence-electron chi connectivity index (χ2n) is 5.38. The molecule has 0 N–H and O–H groups in total. The first kappa shape index (κ1) is 17.5. The number of halogens is 1. The Labute approximate surface area is 145 Å². The van der Waals surface area contributed by atoms with Crippen LogP contribution in [0.25, 0.3) is 0 Å². The summed E-state index contributed by atoms with van der Waals surface area (Å²) < 4.78 is 0.970. The van der Waals surface area contributed by atoms with Crippen LogP contribution in [0.1, 0.15) is 30.9 Å². The summed E-state index contributed by atoms with van der Waals surface area (Å²) in [7, 11) is 0. The third-order valence-corrected chi connectivity index (χ3v) is 4.56. The first-order chi connectivity index (χ1) is 11.0. The Bertz CT molecular complexity index is 637. The number of nitrogens with zero attached hydrogens (tertiary/aromatic N) is 2. The zero-order chi connectivity index (χ0) is 16.8. The van der Waals surface area contributed by atoms with Crippen molar-refractivity contribution in [2.45, 2.75) is 19.8 Å². The topological polar surface area (TPSA) is 46.4 Å². The monoisotopic (exact) mass is 376 g/mol. The Hall–Kier alpha value is -1.88. The quantitative estimate of drug-likeness (QED) is 0.519. The lowest BCUT2D eigenvalue weighted by Gasteiger charge is -2.22. The Morgan fingerprint density at radius 2 is 1.48 bits per heavy atom. The van der Waals surface area contributed by atoms with Gasteiger partial charge < -0.3 is 4.90 Å². The molecule has 0 radical (unpaired) electrons. The molecule has 0 aromatic heterocycles. The van der Waals surface area contributed by atoms with E-state index in [1.54, 1.807) is 0 Å². The average Bonchev–Trinajstić information content (AvgIpc) is 2.55. The fourth-order valence-corrected chi connectivity index (χ4v) is 3.02. The second-order valence-corrected chi connectivity index (χ2v) is 6.30. The van der Waals surface area contributed by atoms with Crippen molar-refractivity contribution >= 4 is 21.6 Å². The fourth-order valence-electron chi connectivity index (χ4n) is 2.75. The molecular formula is C18H21BrN2O2. The number of rotatable bonds is 7. The molecule has 122 valence electrons. The van der Waals surface area contributed by atoms with Crippen LogP contribution in [0.4, 0.5) is 5.69 Å². The molecule has 0 saturated carbocycles. The van der Waals surface area contributed by atoms with E-state index >= 15 is 0 Å². The van der Waals surface area contributed by atoms with Gasteiger partial charge in [0.15, 0.2) is 0 Å². The molecular weight excluding hydrogens is 356 g/mol. The fraction of sp³-hybridized carbons (Fsp3) is 0.333. The van der Waals surface area contributed by atoms with Crippen molar-refractivity contribution < 1.29 is 4.92 Å². The van der Waals surface area contributed by atoms with E-state index in [1.165, 1.54) is 0 Å². The van der Waals surface area contributed by atoms with Crippen molar-refractivity contribution in [3.8, 4) is 0 Å². The first-order valence-corrected chi connectivity index (χ1v) is 8.56. The van der Waals surface area contributed by atoms with E-state index in [0.717, 1.165) is 34.4 Å². The van der Waals surface area contributed by atoms with Crippen molar-refractivity contribution in [1.29, 1.82) is 0 Å². The van der Waals surface area contributed by atoms with Crippen molar-refractivity contribution in [3.63, 3.8) is 0 Å². The maximum Gasteiger partial charge on any atom is 0.214 e. The molecule has 1 atom stereocenters. The van der Waals surface area contributed by atoms with Crippen LogP contribution in [0.15, 0.2) is 53.0 Å². The van der Waals surface area contributed by atoms with E-state index in [1.807, 2.05) is 48.5 Å². The molecule has 0 spiro atoms. The van der Waals surface area contributed by atoms with Gasteiger partial charge in [-0.15, -0.1) is 0 Å². The van der Waals surface area contributed by atoms with E-state index < -0.39 is 0 Å². The highest BCUT2D eigenvalue weighted by molar-refractivity contribution is 9.10. The van der Waals surface area contributed by atoms with E-state index in [2.05, 4.69) is 34.7 Å². The molecule has 0 aliphatic heterocycles. The van der Waals surface area contributed by atoms with Gasteiger partial charge in [-0.3, -0.25) is 10.1 Å². The normalized spacial score (nSPS) is 12.0. The van der Waals surface area contributed by atoms with Crippen molar-refractivity contribution in [2.24, 2.45) is 0 Å². The lowest BCUT2D eigenvalue weighted by atomic mass is 9.91. The van der Waals surface area contributed by atoms with Crippen LogP contribution in [0.2, 0.25) is 0 Å².